The van der Waals surface area contributed by atoms with Crippen LogP contribution in [-0.4, -0.2) is 18.5 Å². The molecule has 23 heavy (non-hydrogen) atoms. The Kier molecular flexibility index (Phi) is 7.65. The fraction of sp³-hybridized carbons (Fsp3) is 0.316. The zero-order valence-electron chi connectivity index (χ0n) is 13.2. The van der Waals surface area contributed by atoms with Gasteiger partial charge in [0.1, 0.15) is 12.3 Å². The van der Waals surface area contributed by atoms with Crippen LogP contribution in [0.5, 0.6) is 0 Å². The van der Waals surface area contributed by atoms with E-state index in [-0.39, 0.29) is 6.04 Å². The van der Waals surface area contributed by atoms with Crippen LogP contribution in [0.2, 0.25) is 0 Å². The molecule has 2 rings (SSSR count). The molecular weight excluding hydrogens is 305 g/mol. The summed E-state index contributed by atoms with van der Waals surface area (Å²) in [6.07, 6.45) is 4.96. The molecule has 3 nitrogen and oxygen atoms in total. The van der Waals surface area contributed by atoms with Crippen LogP contribution in [0.1, 0.15) is 24.0 Å². The van der Waals surface area contributed by atoms with Crippen molar-refractivity contribution in [2.45, 2.75) is 31.7 Å². The molecule has 2 aromatic rings. The van der Waals surface area contributed by atoms with Gasteiger partial charge in [-0.1, -0.05) is 70.3 Å². The van der Waals surface area contributed by atoms with Crippen LogP contribution in [-0.2, 0) is 22.2 Å². The molecule has 0 fully saturated rings. The van der Waals surface area contributed by atoms with Crippen molar-refractivity contribution < 1.29 is 9.36 Å². The molecule has 0 aliphatic carbocycles. The third-order valence-electron chi connectivity index (χ3n) is 3.69. The average molecular weight is 328 g/mol. The molecule has 2 aromatic carbocycles. The Morgan fingerprint density at radius 2 is 1.52 bits per heavy atom. The predicted octanol–water partition coefficient (Wildman–Crippen LogP) is 4.15. The fourth-order valence-corrected chi connectivity index (χ4v) is 3.63. The van der Waals surface area contributed by atoms with Crippen LogP contribution >= 0.6 is 7.95 Å². The average Bonchev–Trinajstić information content (AvgIpc) is 2.60. The second-order valence-electron chi connectivity index (χ2n) is 5.61. The predicted molar refractivity (Wildman–Crippen MR) is 95.0 cm³/mol. The van der Waals surface area contributed by atoms with E-state index >= 15 is 0 Å². The molecule has 0 saturated carbocycles. The minimum absolute atomic E-state index is 0.380. The normalized spacial score (nSPS) is 12.6. The van der Waals surface area contributed by atoms with Gasteiger partial charge in [0.2, 0.25) is 0 Å². The van der Waals surface area contributed by atoms with Gasteiger partial charge in [0.15, 0.2) is 6.16 Å². The fourth-order valence-electron chi connectivity index (χ4n) is 2.47. The molecule has 0 aliphatic rings. The molecule has 0 heterocycles. The summed E-state index contributed by atoms with van der Waals surface area (Å²) in [6.45, 7) is 0. The van der Waals surface area contributed by atoms with Crippen molar-refractivity contribution in [1.29, 1.82) is 0 Å². The Hall–Kier alpha value is -1.83. The largest absolute Gasteiger partial charge is 0.432 e. The van der Waals surface area contributed by atoms with Gasteiger partial charge in [-0.25, -0.2) is 0 Å². The summed E-state index contributed by atoms with van der Waals surface area (Å²) >= 11 is 0. The quantitative estimate of drug-likeness (QED) is 0.405. The van der Waals surface area contributed by atoms with Crippen LogP contribution in [0.25, 0.3) is 0 Å². The first kappa shape index (κ1) is 17.5. The van der Waals surface area contributed by atoms with Crippen molar-refractivity contribution in [1.82, 2.24) is 5.09 Å². The van der Waals surface area contributed by atoms with Gasteiger partial charge in [-0.3, -0.25) is 0 Å². The molecule has 4 heteroatoms. The topological polar surface area (TPSA) is 46.2 Å². The van der Waals surface area contributed by atoms with Gasteiger partial charge in [0, 0.05) is 0 Å². The van der Waals surface area contributed by atoms with Crippen LogP contribution in [0, 0.1) is 0 Å². The Labute approximate surface area is 139 Å². The third-order valence-corrected chi connectivity index (χ3v) is 5.03. The highest BCUT2D eigenvalue weighted by Gasteiger charge is 2.21. The number of aldehydes is 1. The molecule has 120 valence electrons. The van der Waals surface area contributed by atoms with E-state index in [0.717, 1.165) is 31.1 Å². The number of hydrogen-bond donors (Lipinski definition) is 1. The number of aryl methyl sites for hydroxylation is 1. The summed E-state index contributed by atoms with van der Waals surface area (Å²) in [7, 11) is -1.53. The maximum atomic E-state index is 12.1. The molecule has 0 saturated heterocycles. The van der Waals surface area contributed by atoms with E-state index in [1.54, 1.807) is 0 Å². The van der Waals surface area contributed by atoms with E-state index in [4.69, 9.17) is 0 Å². The van der Waals surface area contributed by atoms with Gasteiger partial charge in [-0.05, 0) is 36.8 Å². The molecule has 0 spiro atoms. The highest BCUT2D eigenvalue weighted by Crippen LogP contribution is 2.19. The number of carbonyl (C=O) groups is 1. The third kappa shape index (κ3) is 6.85. The van der Waals surface area contributed by atoms with Gasteiger partial charge < -0.3 is 4.79 Å². The summed E-state index contributed by atoms with van der Waals surface area (Å²) in [6, 6.07) is 19.7. The maximum Gasteiger partial charge on any atom is 0.432 e. The van der Waals surface area contributed by atoms with Gasteiger partial charge in [0.25, 0.3) is 0 Å². The summed E-state index contributed by atoms with van der Waals surface area (Å²) in [4.78, 5) is 11.2. The first-order chi connectivity index (χ1) is 11.3. The van der Waals surface area contributed by atoms with Gasteiger partial charge in [-0.15, -0.1) is 0 Å². The second-order valence-corrected chi connectivity index (χ2v) is 7.07. The lowest BCUT2D eigenvalue weighted by molar-refractivity contribution is -0.109. The molecule has 0 amide bonds. The van der Waals surface area contributed by atoms with Crippen molar-refractivity contribution in [2.24, 2.45) is 0 Å². The number of carbonyl (C=O) groups excluding carboxylic acids is 1. The molecule has 0 bridgehead atoms. The Morgan fingerprint density at radius 1 is 0.913 bits per heavy atom. The molecule has 1 N–H and O–H groups in total. The van der Waals surface area contributed by atoms with Crippen LogP contribution in [0.4, 0.5) is 0 Å². The highest BCUT2D eigenvalue weighted by molar-refractivity contribution is 7.42. The smallest absolute Gasteiger partial charge is 0.301 e. The Bertz CT molecular complexity index is 601. The number of rotatable bonds is 10. The summed E-state index contributed by atoms with van der Waals surface area (Å²) in [5.41, 5.74) is 2.38. The zero-order chi connectivity index (χ0) is 16.3. The molecule has 2 atom stereocenters. The zero-order valence-corrected chi connectivity index (χ0v) is 14.1. The van der Waals surface area contributed by atoms with E-state index in [1.807, 2.05) is 48.5 Å². The van der Waals surface area contributed by atoms with Crippen molar-refractivity contribution >= 4 is 14.2 Å². The Balaban J connectivity index is 1.67. The minimum atomic E-state index is -1.53. The van der Waals surface area contributed by atoms with Crippen LogP contribution in [0.3, 0.4) is 0 Å². The summed E-state index contributed by atoms with van der Waals surface area (Å²) in [5, 5.41) is 2.95. The first-order valence-corrected chi connectivity index (χ1v) is 9.46. The Morgan fingerprint density at radius 3 is 2.13 bits per heavy atom. The van der Waals surface area contributed by atoms with E-state index in [2.05, 4.69) is 17.2 Å². The van der Waals surface area contributed by atoms with Crippen molar-refractivity contribution in [3.8, 4) is 0 Å². The molecule has 0 aliphatic heterocycles. The van der Waals surface area contributed by atoms with Gasteiger partial charge in [0.05, 0.1) is 0 Å². The van der Waals surface area contributed by atoms with Crippen molar-refractivity contribution in [3.63, 3.8) is 0 Å². The standard InChI is InChI=1S/C19H23NO2P/c21-16-19(15-18-12-5-2-6-13-18)20-23(22)14-8-7-11-17-9-3-1-4-10-17/h1-6,9-10,12-13,16,19H,7-8,11,14-15H2,(H,20,22)/q+1/t19-/m0/s1. The van der Waals surface area contributed by atoms with Gasteiger partial charge in [-0.2, -0.15) is 0 Å². The lowest BCUT2D eigenvalue weighted by Crippen LogP contribution is -2.27. The van der Waals surface area contributed by atoms with Crippen LogP contribution < -0.4 is 5.09 Å². The number of benzene rings is 2. The molecule has 1 unspecified atom stereocenters. The van der Waals surface area contributed by atoms with Crippen molar-refractivity contribution in [2.75, 3.05) is 6.16 Å². The van der Waals surface area contributed by atoms with E-state index in [0.29, 0.717) is 12.6 Å². The summed E-state index contributed by atoms with van der Waals surface area (Å²) in [5.74, 6) is 0. The molecule has 0 aromatic heterocycles. The second kappa shape index (κ2) is 10.0. The molecule has 0 radical (unpaired) electrons. The SMILES string of the molecule is O=C[C@H](Cc1ccccc1)N[P+](=O)CCCCc1ccccc1. The highest BCUT2D eigenvalue weighted by atomic mass is 31.1. The van der Waals surface area contributed by atoms with E-state index in [9.17, 15) is 9.36 Å². The lowest BCUT2D eigenvalue weighted by Gasteiger charge is -2.05. The van der Waals surface area contributed by atoms with Crippen molar-refractivity contribution in [3.05, 3.63) is 71.8 Å². The molecular formula is C19H23NO2P+. The minimum Gasteiger partial charge on any atom is -0.301 e. The van der Waals surface area contributed by atoms with Crippen LogP contribution in [0.15, 0.2) is 60.7 Å². The van der Waals surface area contributed by atoms with E-state index in [1.165, 1.54) is 5.56 Å². The first-order valence-electron chi connectivity index (χ1n) is 8.02. The lowest BCUT2D eigenvalue weighted by atomic mass is 10.1. The van der Waals surface area contributed by atoms with E-state index < -0.39 is 7.95 Å². The number of unbranched alkanes of at least 4 members (excludes halogenated alkanes) is 1. The van der Waals surface area contributed by atoms with Gasteiger partial charge >= 0.3 is 7.95 Å². The summed E-state index contributed by atoms with van der Waals surface area (Å²) < 4.78 is 12.1. The monoisotopic (exact) mass is 328 g/mol. The number of hydrogen-bond acceptors (Lipinski definition) is 2. The number of nitrogens with one attached hydrogen (secondary N) is 1. The maximum absolute atomic E-state index is 12.1.